The van der Waals surface area contributed by atoms with E-state index in [0.29, 0.717) is 5.41 Å². The fourth-order valence-electron chi connectivity index (χ4n) is 2.45. The summed E-state index contributed by atoms with van der Waals surface area (Å²) in [5.41, 5.74) is 0.670. The average molecular weight is 229 g/mol. The van der Waals surface area contributed by atoms with Crippen LogP contribution in [0.25, 0.3) is 0 Å². The van der Waals surface area contributed by atoms with Gasteiger partial charge in [0.15, 0.2) is 0 Å². The first-order chi connectivity index (χ1) is 5.87. The second-order valence-electron chi connectivity index (χ2n) is 4.32. The first kappa shape index (κ1) is 8.80. The molecule has 1 fully saturated rings. The van der Waals surface area contributed by atoms with Crippen molar-refractivity contribution < 1.29 is 0 Å². The fourth-order valence-corrected chi connectivity index (χ4v) is 3.47. The Labute approximate surface area is 83.6 Å². The monoisotopic (exact) mass is 228 g/mol. The molecule has 2 aliphatic carbocycles. The van der Waals surface area contributed by atoms with Crippen molar-refractivity contribution in [3.05, 3.63) is 12.2 Å². The van der Waals surface area contributed by atoms with Crippen molar-refractivity contribution in [1.82, 2.24) is 0 Å². The molecule has 0 spiro atoms. The van der Waals surface area contributed by atoms with E-state index in [-0.39, 0.29) is 0 Å². The van der Waals surface area contributed by atoms with Gasteiger partial charge in [-0.05, 0) is 49.9 Å². The Morgan fingerprint density at radius 3 is 2.17 bits per heavy atom. The minimum Gasteiger partial charge on any atom is -0.0922 e. The Morgan fingerprint density at radius 1 is 1.17 bits per heavy atom. The first-order valence-electron chi connectivity index (χ1n) is 5.08. The third-order valence-electron chi connectivity index (χ3n) is 3.49. The van der Waals surface area contributed by atoms with Crippen LogP contribution in [0.4, 0.5) is 0 Å². The quantitative estimate of drug-likeness (QED) is 0.497. The lowest BCUT2D eigenvalue weighted by Gasteiger charge is -2.30. The van der Waals surface area contributed by atoms with Gasteiger partial charge in [0.2, 0.25) is 0 Å². The maximum atomic E-state index is 3.72. The maximum absolute atomic E-state index is 3.72. The number of halogens is 1. The van der Waals surface area contributed by atoms with Crippen molar-refractivity contribution in [3.63, 3.8) is 0 Å². The van der Waals surface area contributed by atoms with E-state index in [1.165, 1.54) is 43.9 Å². The molecule has 0 N–H and O–H groups in total. The summed E-state index contributed by atoms with van der Waals surface area (Å²) in [6, 6.07) is 0. The summed E-state index contributed by atoms with van der Waals surface area (Å²) in [7, 11) is 0. The molecule has 0 nitrogen and oxygen atoms in total. The van der Waals surface area contributed by atoms with Gasteiger partial charge in [-0.3, -0.25) is 0 Å². The Bertz CT molecular complexity index is 169. The Balaban J connectivity index is 2.04. The molecule has 0 aliphatic heterocycles. The highest BCUT2D eigenvalue weighted by atomic mass is 79.9. The lowest BCUT2D eigenvalue weighted by Crippen LogP contribution is -2.24. The summed E-state index contributed by atoms with van der Waals surface area (Å²) in [5.74, 6) is 1.05. The summed E-state index contributed by atoms with van der Waals surface area (Å²) in [5, 5.41) is 1.23. The van der Waals surface area contributed by atoms with Gasteiger partial charge < -0.3 is 0 Å². The molecule has 0 radical (unpaired) electrons. The van der Waals surface area contributed by atoms with Crippen LogP contribution in [0, 0.1) is 11.3 Å². The molecule has 1 heteroatoms. The normalized spacial score (nSPS) is 28.4. The van der Waals surface area contributed by atoms with E-state index in [4.69, 9.17) is 0 Å². The Morgan fingerprint density at radius 2 is 1.75 bits per heavy atom. The molecule has 0 aromatic heterocycles. The van der Waals surface area contributed by atoms with Crippen LogP contribution < -0.4 is 0 Å². The van der Waals surface area contributed by atoms with E-state index in [0.717, 1.165) is 5.92 Å². The Hall–Kier alpha value is 0.220. The molecule has 2 aliphatic rings. The summed E-state index contributed by atoms with van der Waals surface area (Å²) < 4.78 is 0. The second-order valence-corrected chi connectivity index (χ2v) is 4.88. The predicted molar refractivity (Wildman–Crippen MR) is 56.6 cm³/mol. The lowest BCUT2D eigenvalue weighted by atomic mass is 9.78. The van der Waals surface area contributed by atoms with Crippen molar-refractivity contribution in [1.29, 1.82) is 0 Å². The number of hydrogen-bond donors (Lipinski definition) is 0. The van der Waals surface area contributed by atoms with Gasteiger partial charge >= 0.3 is 0 Å². The van der Waals surface area contributed by atoms with E-state index in [9.17, 15) is 0 Å². The van der Waals surface area contributed by atoms with E-state index in [1.807, 2.05) is 0 Å². The largest absolute Gasteiger partial charge is 0.0922 e. The zero-order valence-electron chi connectivity index (χ0n) is 7.56. The SMILES string of the molecule is BrCC1(C2CC2)CCC=CCC1. The van der Waals surface area contributed by atoms with E-state index >= 15 is 0 Å². The van der Waals surface area contributed by atoms with Crippen LogP contribution >= 0.6 is 15.9 Å². The molecule has 0 aromatic carbocycles. The van der Waals surface area contributed by atoms with Crippen LogP contribution in [0.3, 0.4) is 0 Å². The molecule has 2 rings (SSSR count). The van der Waals surface area contributed by atoms with Gasteiger partial charge in [0.05, 0.1) is 0 Å². The van der Waals surface area contributed by atoms with Crippen LogP contribution in [-0.4, -0.2) is 5.33 Å². The molecule has 0 atom stereocenters. The van der Waals surface area contributed by atoms with Gasteiger partial charge in [-0.15, -0.1) is 0 Å². The van der Waals surface area contributed by atoms with Crippen molar-refractivity contribution >= 4 is 15.9 Å². The van der Waals surface area contributed by atoms with Crippen molar-refractivity contribution in [3.8, 4) is 0 Å². The molecule has 12 heavy (non-hydrogen) atoms. The topological polar surface area (TPSA) is 0 Å². The van der Waals surface area contributed by atoms with Crippen LogP contribution in [-0.2, 0) is 0 Å². The van der Waals surface area contributed by atoms with Gasteiger partial charge in [-0.2, -0.15) is 0 Å². The summed E-state index contributed by atoms with van der Waals surface area (Å²) in [6.07, 6.45) is 13.2. The molecule has 0 saturated heterocycles. The maximum Gasteiger partial charge on any atom is 0.00908 e. The molecule has 0 amide bonds. The summed E-state index contributed by atoms with van der Waals surface area (Å²) >= 11 is 3.72. The fraction of sp³-hybridized carbons (Fsp3) is 0.818. The number of hydrogen-bond acceptors (Lipinski definition) is 0. The standard InChI is InChI=1S/C11H17Br/c12-9-11(10-5-6-10)7-3-1-2-4-8-11/h1-2,10H,3-9H2. The van der Waals surface area contributed by atoms with E-state index in [2.05, 4.69) is 28.1 Å². The minimum atomic E-state index is 0.670. The molecule has 0 bridgehead atoms. The van der Waals surface area contributed by atoms with Gasteiger partial charge in [-0.1, -0.05) is 28.1 Å². The van der Waals surface area contributed by atoms with Gasteiger partial charge in [-0.25, -0.2) is 0 Å². The highest BCUT2D eigenvalue weighted by Gasteiger charge is 2.43. The third kappa shape index (κ3) is 1.61. The minimum absolute atomic E-state index is 0.670. The van der Waals surface area contributed by atoms with Crippen molar-refractivity contribution in [2.45, 2.75) is 38.5 Å². The van der Waals surface area contributed by atoms with Crippen LogP contribution in [0.2, 0.25) is 0 Å². The van der Waals surface area contributed by atoms with Crippen LogP contribution in [0.1, 0.15) is 38.5 Å². The molecule has 1 saturated carbocycles. The van der Waals surface area contributed by atoms with Gasteiger partial charge in [0.25, 0.3) is 0 Å². The van der Waals surface area contributed by atoms with Crippen molar-refractivity contribution in [2.75, 3.05) is 5.33 Å². The van der Waals surface area contributed by atoms with Crippen LogP contribution in [0.5, 0.6) is 0 Å². The highest BCUT2D eigenvalue weighted by Crippen LogP contribution is 2.52. The first-order valence-corrected chi connectivity index (χ1v) is 6.20. The predicted octanol–water partition coefficient (Wildman–Crippen LogP) is 3.91. The zero-order valence-corrected chi connectivity index (χ0v) is 9.15. The van der Waals surface area contributed by atoms with Gasteiger partial charge in [0, 0.05) is 5.33 Å². The van der Waals surface area contributed by atoms with E-state index < -0.39 is 0 Å². The smallest absolute Gasteiger partial charge is 0.00908 e. The lowest BCUT2D eigenvalue weighted by molar-refractivity contribution is 0.246. The van der Waals surface area contributed by atoms with Crippen molar-refractivity contribution in [2.24, 2.45) is 11.3 Å². The number of alkyl halides is 1. The highest BCUT2D eigenvalue weighted by molar-refractivity contribution is 9.09. The van der Waals surface area contributed by atoms with E-state index in [1.54, 1.807) is 0 Å². The average Bonchev–Trinajstić information content (AvgIpc) is 2.92. The third-order valence-corrected chi connectivity index (χ3v) is 4.61. The molecular formula is C11H17Br. The zero-order chi connectivity index (χ0) is 8.44. The second kappa shape index (κ2) is 3.53. The van der Waals surface area contributed by atoms with Crippen LogP contribution in [0.15, 0.2) is 12.2 Å². The summed E-state index contributed by atoms with van der Waals surface area (Å²) in [4.78, 5) is 0. The molecule has 0 heterocycles. The van der Waals surface area contributed by atoms with Gasteiger partial charge in [0.1, 0.15) is 0 Å². The molecule has 0 aromatic rings. The number of allylic oxidation sites excluding steroid dienone is 2. The molecule has 0 unspecified atom stereocenters. The molecular weight excluding hydrogens is 212 g/mol. The Kier molecular flexibility index (Phi) is 2.59. The molecule has 68 valence electrons. The number of rotatable bonds is 2. The summed E-state index contributed by atoms with van der Waals surface area (Å²) in [6.45, 7) is 0.